The highest BCUT2D eigenvalue weighted by molar-refractivity contribution is 5.87. The Morgan fingerprint density at radius 3 is 2.58 bits per heavy atom. The predicted octanol–water partition coefficient (Wildman–Crippen LogP) is 2.25. The second kappa shape index (κ2) is 5.31. The highest BCUT2D eigenvalue weighted by Crippen LogP contribution is 2.40. The van der Waals surface area contributed by atoms with Crippen molar-refractivity contribution in [1.82, 2.24) is 0 Å². The zero-order chi connectivity index (χ0) is 13.9. The molecule has 100 valence electrons. The van der Waals surface area contributed by atoms with Crippen LogP contribution in [0, 0.1) is 11.3 Å². The summed E-state index contributed by atoms with van der Waals surface area (Å²) in [4.78, 5) is 11.9. The number of carbonyl (C=O) groups excluding carboxylic acids is 1. The number of carbonyl (C=O) groups is 1. The van der Waals surface area contributed by atoms with Crippen LogP contribution in [0.5, 0.6) is 5.75 Å². The van der Waals surface area contributed by atoms with Crippen LogP contribution in [0.15, 0.2) is 18.2 Å². The van der Waals surface area contributed by atoms with Gasteiger partial charge in [-0.15, -0.1) is 0 Å². The number of amides is 1. The maximum Gasteiger partial charge on any atom is 0.228 e. The van der Waals surface area contributed by atoms with Gasteiger partial charge in [-0.25, -0.2) is 0 Å². The summed E-state index contributed by atoms with van der Waals surface area (Å²) in [6, 6.07) is 7.45. The van der Waals surface area contributed by atoms with E-state index >= 15 is 0 Å². The van der Waals surface area contributed by atoms with Crippen LogP contribution in [0.1, 0.15) is 43.2 Å². The molecule has 0 saturated heterocycles. The van der Waals surface area contributed by atoms with Crippen molar-refractivity contribution < 1.29 is 9.53 Å². The molecule has 2 rings (SSSR count). The lowest BCUT2D eigenvalue weighted by Crippen LogP contribution is -2.42. The summed E-state index contributed by atoms with van der Waals surface area (Å²) in [5.41, 5.74) is 6.32. The lowest BCUT2D eigenvalue weighted by Gasteiger charge is -2.35. The highest BCUT2D eigenvalue weighted by atomic mass is 16.5. The largest absolute Gasteiger partial charge is 0.495 e. The van der Waals surface area contributed by atoms with Crippen LogP contribution in [0.2, 0.25) is 0 Å². The van der Waals surface area contributed by atoms with Crippen molar-refractivity contribution in [3.05, 3.63) is 29.3 Å². The molecule has 0 spiro atoms. The predicted molar refractivity (Wildman–Crippen MR) is 71.7 cm³/mol. The Morgan fingerprint density at radius 1 is 1.37 bits per heavy atom. The smallest absolute Gasteiger partial charge is 0.228 e. The van der Waals surface area contributed by atoms with E-state index in [1.165, 1.54) is 7.11 Å². The van der Waals surface area contributed by atoms with E-state index in [0.717, 1.165) is 37.7 Å². The van der Waals surface area contributed by atoms with E-state index in [2.05, 4.69) is 6.07 Å². The lowest BCUT2D eigenvalue weighted by molar-refractivity contribution is -0.124. The summed E-state index contributed by atoms with van der Waals surface area (Å²) >= 11 is 0. The summed E-state index contributed by atoms with van der Waals surface area (Å²) < 4.78 is 5.13. The maximum absolute atomic E-state index is 11.9. The Balaban J connectivity index is 2.49. The zero-order valence-electron chi connectivity index (χ0n) is 11.1. The summed E-state index contributed by atoms with van der Waals surface area (Å²) in [7, 11) is 1.53. The Hall–Kier alpha value is -2.02. The van der Waals surface area contributed by atoms with Crippen LogP contribution in [0.25, 0.3) is 0 Å². The van der Waals surface area contributed by atoms with Crippen LogP contribution >= 0.6 is 0 Å². The second-order valence-corrected chi connectivity index (χ2v) is 5.03. The summed E-state index contributed by atoms with van der Waals surface area (Å²) in [6.07, 6.45) is 4.66. The molecule has 0 aliphatic heterocycles. The average molecular weight is 258 g/mol. The molecule has 4 heteroatoms. The van der Waals surface area contributed by atoms with Crippen molar-refractivity contribution in [2.75, 3.05) is 7.11 Å². The molecular weight excluding hydrogens is 240 g/mol. The SMILES string of the molecule is COc1ccc(C2(C(N)=O)CCCCC2)cc1C#N. The van der Waals surface area contributed by atoms with E-state index in [-0.39, 0.29) is 5.91 Å². The average Bonchev–Trinajstić information content (AvgIpc) is 2.47. The van der Waals surface area contributed by atoms with Gasteiger partial charge >= 0.3 is 0 Å². The van der Waals surface area contributed by atoms with Gasteiger partial charge in [0.2, 0.25) is 5.91 Å². The standard InChI is InChI=1S/C15H18N2O2/c1-19-13-6-5-12(9-11(13)10-16)15(14(17)18)7-3-2-4-8-15/h5-6,9H,2-4,7-8H2,1H3,(H2,17,18). The van der Waals surface area contributed by atoms with E-state index in [0.29, 0.717) is 11.3 Å². The molecule has 2 N–H and O–H groups in total. The van der Waals surface area contributed by atoms with E-state index in [4.69, 9.17) is 15.7 Å². The van der Waals surface area contributed by atoms with Crippen LogP contribution < -0.4 is 10.5 Å². The molecule has 0 heterocycles. The van der Waals surface area contributed by atoms with Crippen LogP contribution in [-0.4, -0.2) is 13.0 Å². The Kier molecular flexibility index (Phi) is 3.75. The van der Waals surface area contributed by atoms with Crippen molar-refractivity contribution >= 4 is 5.91 Å². The zero-order valence-corrected chi connectivity index (χ0v) is 11.1. The number of ether oxygens (including phenoxy) is 1. The van der Waals surface area contributed by atoms with Crippen molar-refractivity contribution in [1.29, 1.82) is 5.26 Å². The third-order valence-corrected chi connectivity index (χ3v) is 4.05. The topological polar surface area (TPSA) is 76.1 Å². The molecular formula is C15H18N2O2. The molecule has 1 amide bonds. The molecule has 0 atom stereocenters. The van der Waals surface area contributed by atoms with Gasteiger partial charge in [0, 0.05) is 0 Å². The molecule has 1 saturated carbocycles. The van der Waals surface area contributed by atoms with E-state index in [1.54, 1.807) is 12.1 Å². The second-order valence-electron chi connectivity index (χ2n) is 5.03. The van der Waals surface area contributed by atoms with Gasteiger partial charge in [0.15, 0.2) is 0 Å². The van der Waals surface area contributed by atoms with Gasteiger partial charge in [-0.1, -0.05) is 25.3 Å². The van der Waals surface area contributed by atoms with Crippen LogP contribution in [0.4, 0.5) is 0 Å². The molecule has 4 nitrogen and oxygen atoms in total. The first-order chi connectivity index (χ1) is 9.14. The van der Waals surface area contributed by atoms with E-state index in [9.17, 15) is 4.79 Å². The monoisotopic (exact) mass is 258 g/mol. The number of nitrogens with two attached hydrogens (primary N) is 1. The van der Waals surface area contributed by atoms with Crippen molar-refractivity contribution in [2.24, 2.45) is 5.73 Å². The quantitative estimate of drug-likeness (QED) is 0.903. The van der Waals surface area contributed by atoms with Gasteiger partial charge < -0.3 is 10.5 Å². The van der Waals surface area contributed by atoms with Gasteiger partial charge in [-0.05, 0) is 30.5 Å². The summed E-state index contributed by atoms with van der Waals surface area (Å²) in [5.74, 6) is 0.239. The summed E-state index contributed by atoms with van der Waals surface area (Å²) in [5, 5.41) is 9.15. The molecule has 0 unspecified atom stereocenters. The molecule has 0 bridgehead atoms. The van der Waals surface area contributed by atoms with Gasteiger partial charge in [0.1, 0.15) is 11.8 Å². The fourth-order valence-electron chi connectivity index (χ4n) is 2.93. The molecule has 0 radical (unpaired) electrons. The molecule has 1 aliphatic carbocycles. The minimum atomic E-state index is -0.615. The van der Waals surface area contributed by atoms with Gasteiger partial charge in [0.25, 0.3) is 0 Å². The number of hydrogen-bond donors (Lipinski definition) is 1. The number of methoxy groups -OCH3 is 1. The van der Waals surface area contributed by atoms with Crippen molar-refractivity contribution in [2.45, 2.75) is 37.5 Å². The highest BCUT2D eigenvalue weighted by Gasteiger charge is 2.39. The van der Waals surface area contributed by atoms with Gasteiger partial charge in [-0.2, -0.15) is 5.26 Å². The molecule has 1 aliphatic rings. The van der Waals surface area contributed by atoms with Gasteiger partial charge in [0.05, 0.1) is 18.1 Å². The first kappa shape index (κ1) is 13.4. The van der Waals surface area contributed by atoms with E-state index in [1.807, 2.05) is 6.07 Å². The van der Waals surface area contributed by atoms with Crippen molar-refractivity contribution in [3.8, 4) is 11.8 Å². The number of nitriles is 1. The lowest BCUT2D eigenvalue weighted by atomic mass is 9.68. The Morgan fingerprint density at radius 2 is 2.05 bits per heavy atom. The van der Waals surface area contributed by atoms with Crippen LogP contribution in [0.3, 0.4) is 0 Å². The number of hydrogen-bond acceptors (Lipinski definition) is 3. The Labute approximate surface area is 113 Å². The number of primary amides is 1. The number of rotatable bonds is 3. The van der Waals surface area contributed by atoms with Gasteiger partial charge in [-0.3, -0.25) is 4.79 Å². The van der Waals surface area contributed by atoms with Crippen LogP contribution in [-0.2, 0) is 10.2 Å². The normalized spacial score (nSPS) is 17.5. The first-order valence-corrected chi connectivity index (χ1v) is 6.52. The van der Waals surface area contributed by atoms with Crippen molar-refractivity contribution in [3.63, 3.8) is 0 Å². The Bertz CT molecular complexity index is 525. The number of benzene rings is 1. The molecule has 1 fully saturated rings. The number of nitrogens with zero attached hydrogens (tertiary/aromatic N) is 1. The maximum atomic E-state index is 11.9. The fraction of sp³-hybridized carbons (Fsp3) is 0.467. The molecule has 1 aromatic carbocycles. The van der Waals surface area contributed by atoms with E-state index < -0.39 is 5.41 Å². The fourth-order valence-corrected chi connectivity index (χ4v) is 2.93. The summed E-state index contributed by atoms with van der Waals surface area (Å²) in [6.45, 7) is 0. The minimum Gasteiger partial charge on any atom is -0.495 e. The third kappa shape index (κ3) is 2.28. The molecule has 19 heavy (non-hydrogen) atoms. The molecule has 0 aromatic heterocycles. The minimum absolute atomic E-state index is 0.291. The third-order valence-electron chi connectivity index (χ3n) is 4.05. The molecule has 1 aromatic rings. The first-order valence-electron chi connectivity index (χ1n) is 6.52.